The third-order valence-corrected chi connectivity index (χ3v) is 3.40. The van der Waals surface area contributed by atoms with E-state index in [0.717, 1.165) is 12.1 Å². The van der Waals surface area contributed by atoms with Gasteiger partial charge in [0.2, 0.25) is 5.91 Å². The number of carbonyl (C=O) groups is 2. The Morgan fingerprint density at radius 1 is 1.19 bits per heavy atom. The molecule has 0 heterocycles. The van der Waals surface area contributed by atoms with E-state index in [4.69, 9.17) is 10.5 Å². The van der Waals surface area contributed by atoms with Crippen molar-refractivity contribution in [2.24, 2.45) is 0 Å². The molecule has 144 valence electrons. The lowest BCUT2D eigenvalue weighted by molar-refractivity contribution is -0.274. The summed E-state index contributed by atoms with van der Waals surface area (Å²) in [5, 5.41) is 4.79. The zero-order valence-electron chi connectivity index (χ0n) is 14.5. The molecule has 1 aromatic carbocycles. The highest BCUT2D eigenvalue weighted by Gasteiger charge is 2.52. The number of nitrogens with two attached hydrogens (primary N) is 1. The number of rotatable bonds is 4. The topological polar surface area (TPSA) is 103 Å². The Morgan fingerprint density at radius 3 is 2.31 bits per heavy atom. The fourth-order valence-electron chi connectivity index (χ4n) is 2.13. The molecule has 2 rings (SSSR count). The first-order valence-corrected chi connectivity index (χ1v) is 7.78. The second kappa shape index (κ2) is 6.58. The Bertz CT molecular complexity index is 710. The van der Waals surface area contributed by atoms with Crippen LogP contribution in [-0.2, 0) is 9.53 Å². The van der Waals surface area contributed by atoms with Gasteiger partial charge in [-0.05, 0) is 51.8 Å². The summed E-state index contributed by atoms with van der Waals surface area (Å²) in [5.41, 5.74) is 3.47. The molecule has 1 saturated carbocycles. The summed E-state index contributed by atoms with van der Waals surface area (Å²) in [6, 6.07) is 3.35. The van der Waals surface area contributed by atoms with E-state index < -0.39 is 35.3 Å². The average Bonchev–Trinajstić information content (AvgIpc) is 3.19. The van der Waals surface area contributed by atoms with Crippen LogP contribution in [-0.4, -0.2) is 29.5 Å². The van der Waals surface area contributed by atoms with Crippen LogP contribution in [0.15, 0.2) is 18.2 Å². The molecule has 7 nitrogen and oxygen atoms in total. The van der Waals surface area contributed by atoms with Crippen molar-refractivity contribution in [2.45, 2.75) is 51.1 Å². The lowest BCUT2D eigenvalue weighted by atomic mass is 10.2. The van der Waals surface area contributed by atoms with E-state index in [2.05, 4.69) is 15.4 Å². The van der Waals surface area contributed by atoms with Gasteiger partial charge < -0.3 is 25.8 Å². The predicted octanol–water partition coefficient (Wildman–Crippen LogP) is 3.16. The SMILES string of the molecule is CC(C)(C)OC(=O)NC1(C(=O)Nc2cc(N)ccc2OC(F)(F)F)CC1. The van der Waals surface area contributed by atoms with E-state index in [1.54, 1.807) is 20.8 Å². The molecule has 0 aromatic heterocycles. The van der Waals surface area contributed by atoms with Crippen LogP contribution in [0.3, 0.4) is 0 Å². The highest BCUT2D eigenvalue weighted by atomic mass is 19.4. The van der Waals surface area contributed by atoms with Crippen molar-refractivity contribution < 1.29 is 32.2 Å². The van der Waals surface area contributed by atoms with Gasteiger partial charge in [-0.25, -0.2) is 4.79 Å². The van der Waals surface area contributed by atoms with Crippen molar-refractivity contribution in [1.82, 2.24) is 5.32 Å². The highest BCUT2D eigenvalue weighted by molar-refractivity contribution is 6.03. The van der Waals surface area contributed by atoms with Crippen LogP contribution in [0.2, 0.25) is 0 Å². The Morgan fingerprint density at radius 2 is 1.81 bits per heavy atom. The van der Waals surface area contributed by atoms with Gasteiger partial charge in [0.25, 0.3) is 0 Å². The second-order valence-corrected chi connectivity index (χ2v) is 6.97. The molecule has 4 N–H and O–H groups in total. The first-order chi connectivity index (χ1) is 11.8. The molecule has 1 aromatic rings. The van der Waals surface area contributed by atoms with E-state index in [9.17, 15) is 22.8 Å². The Hall–Kier alpha value is -2.65. The minimum absolute atomic E-state index is 0.139. The molecule has 0 unspecified atom stereocenters. The Kier molecular flexibility index (Phi) is 4.98. The van der Waals surface area contributed by atoms with E-state index in [1.165, 1.54) is 6.07 Å². The number of hydrogen-bond donors (Lipinski definition) is 3. The van der Waals surface area contributed by atoms with E-state index in [0.29, 0.717) is 12.8 Å². The third-order valence-electron chi connectivity index (χ3n) is 3.40. The predicted molar refractivity (Wildman–Crippen MR) is 87.5 cm³/mol. The first kappa shape index (κ1) is 19.7. The van der Waals surface area contributed by atoms with Gasteiger partial charge in [-0.1, -0.05) is 0 Å². The van der Waals surface area contributed by atoms with E-state index in [-0.39, 0.29) is 11.4 Å². The Balaban J connectivity index is 2.12. The fourth-order valence-corrected chi connectivity index (χ4v) is 2.13. The van der Waals surface area contributed by atoms with Crippen LogP contribution in [0.1, 0.15) is 33.6 Å². The van der Waals surface area contributed by atoms with Crippen LogP contribution >= 0.6 is 0 Å². The van der Waals surface area contributed by atoms with Crippen LogP contribution in [0, 0.1) is 0 Å². The minimum atomic E-state index is -4.93. The van der Waals surface area contributed by atoms with Crippen molar-refractivity contribution in [2.75, 3.05) is 11.1 Å². The molecule has 26 heavy (non-hydrogen) atoms. The third kappa shape index (κ3) is 5.43. The van der Waals surface area contributed by atoms with Crippen molar-refractivity contribution >= 4 is 23.4 Å². The van der Waals surface area contributed by atoms with Gasteiger partial charge in [0, 0.05) is 5.69 Å². The highest BCUT2D eigenvalue weighted by Crippen LogP contribution is 2.39. The minimum Gasteiger partial charge on any atom is -0.444 e. The Labute approximate surface area is 148 Å². The molecule has 10 heteroatoms. The van der Waals surface area contributed by atoms with Gasteiger partial charge in [0.15, 0.2) is 5.75 Å². The smallest absolute Gasteiger partial charge is 0.444 e. The normalized spacial score (nSPS) is 15.8. The molecule has 2 amide bonds. The lowest BCUT2D eigenvalue weighted by Crippen LogP contribution is -2.47. The number of anilines is 2. The van der Waals surface area contributed by atoms with Crippen LogP contribution in [0.4, 0.5) is 29.3 Å². The van der Waals surface area contributed by atoms with Gasteiger partial charge in [-0.3, -0.25) is 4.79 Å². The summed E-state index contributed by atoms with van der Waals surface area (Å²) >= 11 is 0. The van der Waals surface area contributed by atoms with Gasteiger partial charge in [0.05, 0.1) is 5.69 Å². The number of hydrogen-bond acceptors (Lipinski definition) is 5. The standard InChI is InChI=1S/C16H20F3N3O4/c1-14(2,3)26-13(24)22-15(6-7-15)12(23)21-10-8-9(20)4-5-11(10)25-16(17,18)19/h4-5,8H,6-7,20H2,1-3H3,(H,21,23)(H,22,24). The number of alkyl carbamates (subject to hydrolysis) is 1. The monoisotopic (exact) mass is 375 g/mol. The summed E-state index contributed by atoms with van der Waals surface area (Å²) in [7, 11) is 0. The maximum atomic E-state index is 12.5. The molecule has 0 aliphatic heterocycles. The second-order valence-electron chi connectivity index (χ2n) is 6.97. The largest absolute Gasteiger partial charge is 0.573 e. The number of benzene rings is 1. The van der Waals surface area contributed by atoms with Crippen molar-refractivity contribution in [3.05, 3.63) is 18.2 Å². The van der Waals surface area contributed by atoms with Crippen LogP contribution in [0.5, 0.6) is 5.75 Å². The van der Waals surface area contributed by atoms with Crippen molar-refractivity contribution in [1.29, 1.82) is 0 Å². The van der Waals surface area contributed by atoms with Crippen molar-refractivity contribution in [3.8, 4) is 5.75 Å². The van der Waals surface area contributed by atoms with Gasteiger partial charge >= 0.3 is 12.5 Å². The molecule has 0 radical (unpaired) electrons. The summed E-state index contributed by atoms with van der Waals surface area (Å²) in [5.74, 6) is -1.28. The van der Waals surface area contributed by atoms with Crippen molar-refractivity contribution in [3.63, 3.8) is 0 Å². The summed E-state index contributed by atoms with van der Waals surface area (Å²) in [6.45, 7) is 5.00. The molecule has 0 spiro atoms. The molecular weight excluding hydrogens is 355 g/mol. The molecule has 1 fully saturated rings. The first-order valence-electron chi connectivity index (χ1n) is 7.78. The van der Waals surface area contributed by atoms with Crippen LogP contribution < -0.4 is 21.1 Å². The summed E-state index contributed by atoms with van der Waals surface area (Å²) in [6.07, 6.45) is -5.06. The van der Waals surface area contributed by atoms with Gasteiger partial charge in [0.1, 0.15) is 11.1 Å². The zero-order chi connectivity index (χ0) is 19.8. The van der Waals surface area contributed by atoms with E-state index >= 15 is 0 Å². The number of amides is 2. The number of halogens is 3. The molecule has 0 saturated heterocycles. The zero-order valence-corrected chi connectivity index (χ0v) is 14.5. The molecular formula is C16H20F3N3O4. The van der Waals surface area contributed by atoms with Crippen LogP contribution in [0.25, 0.3) is 0 Å². The number of alkyl halides is 3. The quantitative estimate of drug-likeness (QED) is 0.702. The lowest BCUT2D eigenvalue weighted by Gasteiger charge is -2.23. The number of nitrogens with one attached hydrogen (secondary N) is 2. The molecule has 1 aliphatic carbocycles. The summed E-state index contributed by atoms with van der Waals surface area (Å²) in [4.78, 5) is 24.3. The van der Waals surface area contributed by atoms with Gasteiger partial charge in [-0.2, -0.15) is 0 Å². The molecule has 0 atom stereocenters. The number of carbonyl (C=O) groups excluding carboxylic acids is 2. The summed E-state index contributed by atoms with van der Waals surface area (Å²) < 4.78 is 46.5. The number of nitrogen functional groups attached to an aromatic ring is 1. The maximum Gasteiger partial charge on any atom is 0.573 e. The van der Waals surface area contributed by atoms with Gasteiger partial charge in [-0.15, -0.1) is 13.2 Å². The molecule has 0 bridgehead atoms. The van der Waals surface area contributed by atoms with E-state index in [1.807, 2.05) is 0 Å². The maximum absolute atomic E-state index is 12.5. The molecule has 1 aliphatic rings. The fraction of sp³-hybridized carbons (Fsp3) is 0.500. The average molecular weight is 375 g/mol. The number of ether oxygens (including phenoxy) is 2.